The number of imide groups is 1. The Bertz CT molecular complexity index is 1110. The fraction of sp³-hybridized carbons (Fsp3) is 0.320. The van der Waals surface area contributed by atoms with Gasteiger partial charge >= 0.3 is 6.03 Å². The van der Waals surface area contributed by atoms with Gasteiger partial charge in [-0.05, 0) is 54.3 Å². The molecule has 0 spiro atoms. The Hall–Kier alpha value is -3.65. The number of aryl methyl sites for hydroxylation is 2. The van der Waals surface area contributed by atoms with Gasteiger partial charge in [-0.3, -0.25) is 9.59 Å². The van der Waals surface area contributed by atoms with Crippen LogP contribution in [-0.4, -0.2) is 55.6 Å². The van der Waals surface area contributed by atoms with Gasteiger partial charge in [0.25, 0.3) is 5.91 Å². The SMILES string of the molecule is CCc1ccccc1NC(=O)CN1C(=O)N/C(=C/c2ccc(N3CCOCC3)c(C)c2)C1=O. The van der Waals surface area contributed by atoms with Gasteiger partial charge in [0.05, 0.1) is 13.2 Å². The van der Waals surface area contributed by atoms with Gasteiger partial charge in [-0.15, -0.1) is 0 Å². The summed E-state index contributed by atoms with van der Waals surface area (Å²) in [6.45, 7) is 6.76. The predicted molar refractivity (Wildman–Crippen MR) is 127 cm³/mol. The summed E-state index contributed by atoms with van der Waals surface area (Å²) in [5.41, 5.74) is 4.83. The fourth-order valence-electron chi connectivity index (χ4n) is 4.09. The number of benzene rings is 2. The molecule has 2 fully saturated rings. The Balaban J connectivity index is 1.44. The lowest BCUT2D eigenvalue weighted by Crippen LogP contribution is -2.38. The number of hydrogen-bond donors (Lipinski definition) is 2. The van der Waals surface area contributed by atoms with Gasteiger partial charge in [0.1, 0.15) is 12.2 Å². The van der Waals surface area contributed by atoms with Gasteiger partial charge in [0, 0.05) is 24.5 Å². The van der Waals surface area contributed by atoms with E-state index in [-0.39, 0.29) is 12.2 Å². The van der Waals surface area contributed by atoms with Crippen molar-refractivity contribution in [2.75, 3.05) is 43.1 Å². The molecule has 0 aliphatic carbocycles. The lowest BCUT2D eigenvalue weighted by molar-refractivity contribution is -0.127. The Labute approximate surface area is 193 Å². The molecule has 4 rings (SSSR count). The Morgan fingerprint density at radius 3 is 2.64 bits per heavy atom. The van der Waals surface area contributed by atoms with Crippen LogP contribution in [-0.2, 0) is 20.7 Å². The Morgan fingerprint density at radius 2 is 1.91 bits per heavy atom. The first kappa shape index (κ1) is 22.5. The quantitative estimate of drug-likeness (QED) is 0.524. The van der Waals surface area contributed by atoms with Crippen LogP contribution in [0.4, 0.5) is 16.2 Å². The highest BCUT2D eigenvalue weighted by molar-refractivity contribution is 6.16. The van der Waals surface area contributed by atoms with Crippen LogP contribution in [0.3, 0.4) is 0 Å². The van der Waals surface area contributed by atoms with Gasteiger partial charge in [0.2, 0.25) is 5.91 Å². The lowest BCUT2D eigenvalue weighted by Gasteiger charge is -2.30. The molecule has 2 N–H and O–H groups in total. The van der Waals surface area contributed by atoms with E-state index in [1.165, 1.54) is 0 Å². The second-order valence-electron chi connectivity index (χ2n) is 8.08. The number of nitrogens with zero attached hydrogens (tertiary/aromatic N) is 2. The molecular weight excluding hydrogens is 420 g/mol. The number of urea groups is 1. The van der Waals surface area contributed by atoms with E-state index in [2.05, 4.69) is 15.5 Å². The monoisotopic (exact) mass is 448 g/mol. The van der Waals surface area contributed by atoms with Gasteiger partial charge in [0.15, 0.2) is 0 Å². The maximum absolute atomic E-state index is 12.8. The third kappa shape index (κ3) is 5.06. The summed E-state index contributed by atoms with van der Waals surface area (Å²) in [5, 5.41) is 5.38. The molecule has 8 heteroatoms. The molecule has 2 heterocycles. The van der Waals surface area contributed by atoms with Crippen molar-refractivity contribution in [1.29, 1.82) is 0 Å². The number of morpholine rings is 1. The summed E-state index contributed by atoms with van der Waals surface area (Å²) in [6.07, 6.45) is 2.40. The van der Waals surface area contributed by atoms with E-state index in [0.29, 0.717) is 18.9 Å². The van der Waals surface area contributed by atoms with E-state index in [4.69, 9.17) is 4.74 Å². The summed E-state index contributed by atoms with van der Waals surface area (Å²) >= 11 is 0. The average molecular weight is 449 g/mol. The zero-order chi connectivity index (χ0) is 23.4. The van der Waals surface area contributed by atoms with E-state index in [1.54, 1.807) is 12.1 Å². The maximum Gasteiger partial charge on any atom is 0.329 e. The van der Waals surface area contributed by atoms with Crippen molar-refractivity contribution in [1.82, 2.24) is 10.2 Å². The van der Waals surface area contributed by atoms with E-state index in [9.17, 15) is 14.4 Å². The summed E-state index contributed by atoms with van der Waals surface area (Å²) < 4.78 is 5.42. The van der Waals surface area contributed by atoms with Crippen molar-refractivity contribution in [2.24, 2.45) is 0 Å². The maximum atomic E-state index is 12.8. The molecule has 0 unspecified atom stereocenters. The molecule has 2 aromatic carbocycles. The van der Waals surface area contributed by atoms with Crippen molar-refractivity contribution in [2.45, 2.75) is 20.3 Å². The first-order chi connectivity index (χ1) is 16.0. The first-order valence-electron chi connectivity index (χ1n) is 11.1. The number of anilines is 2. The number of amides is 4. The molecule has 172 valence electrons. The number of nitrogens with one attached hydrogen (secondary N) is 2. The summed E-state index contributed by atoms with van der Waals surface area (Å²) in [7, 11) is 0. The van der Waals surface area contributed by atoms with Crippen LogP contribution < -0.4 is 15.5 Å². The van der Waals surface area contributed by atoms with Crippen LogP contribution in [0, 0.1) is 6.92 Å². The molecule has 0 atom stereocenters. The molecule has 0 saturated carbocycles. The highest BCUT2D eigenvalue weighted by Gasteiger charge is 2.35. The van der Waals surface area contributed by atoms with Crippen molar-refractivity contribution < 1.29 is 19.1 Å². The van der Waals surface area contributed by atoms with E-state index in [0.717, 1.165) is 46.8 Å². The fourth-order valence-corrected chi connectivity index (χ4v) is 4.09. The van der Waals surface area contributed by atoms with Crippen molar-refractivity contribution in [3.05, 3.63) is 64.9 Å². The zero-order valence-corrected chi connectivity index (χ0v) is 18.9. The average Bonchev–Trinajstić information content (AvgIpc) is 3.07. The third-order valence-corrected chi connectivity index (χ3v) is 5.82. The smallest absolute Gasteiger partial charge is 0.329 e. The standard InChI is InChI=1S/C25H28N4O4/c1-3-19-6-4-5-7-20(19)26-23(30)16-29-24(31)21(27-25(29)32)15-18-8-9-22(17(2)14-18)28-10-12-33-13-11-28/h4-9,14-15H,3,10-13,16H2,1-2H3,(H,26,30)(H,27,32)/b21-15+. The minimum atomic E-state index is -0.605. The Morgan fingerprint density at radius 1 is 1.15 bits per heavy atom. The summed E-state index contributed by atoms with van der Waals surface area (Å²) in [4.78, 5) is 40.9. The molecule has 2 saturated heterocycles. The van der Waals surface area contributed by atoms with Crippen molar-refractivity contribution >= 4 is 35.3 Å². The topological polar surface area (TPSA) is 91.0 Å². The minimum absolute atomic E-state index is 0.153. The molecule has 33 heavy (non-hydrogen) atoms. The minimum Gasteiger partial charge on any atom is -0.378 e. The predicted octanol–water partition coefficient (Wildman–Crippen LogP) is 2.93. The van der Waals surface area contributed by atoms with Crippen LogP contribution in [0.15, 0.2) is 48.2 Å². The van der Waals surface area contributed by atoms with E-state index >= 15 is 0 Å². The number of carbonyl (C=O) groups excluding carboxylic acids is 3. The second kappa shape index (κ2) is 9.87. The Kier molecular flexibility index (Phi) is 6.74. The van der Waals surface area contributed by atoms with E-state index in [1.807, 2.05) is 50.2 Å². The number of para-hydroxylation sites is 1. The van der Waals surface area contributed by atoms with Crippen molar-refractivity contribution in [3.8, 4) is 0 Å². The summed E-state index contributed by atoms with van der Waals surface area (Å²) in [5.74, 6) is -0.944. The van der Waals surface area contributed by atoms with E-state index < -0.39 is 17.8 Å². The van der Waals surface area contributed by atoms with Crippen LogP contribution in [0.2, 0.25) is 0 Å². The summed E-state index contributed by atoms with van der Waals surface area (Å²) in [6, 6.07) is 12.8. The van der Waals surface area contributed by atoms with Crippen LogP contribution in [0.5, 0.6) is 0 Å². The molecule has 0 bridgehead atoms. The van der Waals surface area contributed by atoms with Crippen LogP contribution >= 0.6 is 0 Å². The molecule has 8 nitrogen and oxygen atoms in total. The third-order valence-electron chi connectivity index (χ3n) is 5.82. The van der Waals surface area contributed by atoms with Crippen molar-refractivity contribution in [3.63, 3.8) is 0 Å². The molecule has 2 aromatic rings. The van der Waals surface area contributed by atoms with Gasteiger partial charge in [-0.25, -0.2) is 9.69 Å². The highest BCUT2D eigenvalue weighted by atomic mass is 16.5. The first-order valence-corrected chi connectivity index (χ1v) is 11.1. The highest BCUT2D eigenvalue weighted by Crippen LogP contribution is 2.24. The molecule has 2 aliphatic heterocycles. The number of ether oxygens (including phenoxy) is 1. The molecule has 0 aromatic heterocycles. The molecule has 4 amide bonds. The second-order valence-corrected chi connectivity index (χ2v) is 8.08. The largest absolute Gasteiger partial charge is 0.378 e. The van der Waals surface area contributed by atoms with Gasteiger partial charge < -0.3 is 20.3 Å². The number of carbonyl (C=O) groups is 3. The molecule has 0 radical (unpaired) electrons. The molecule has 2 aliphatic rings. The normalized spacial score (nSPS) is 17.5. The van der Waals surface area contributed by atoms with Gasteiger partial charge in [-0.1, -0.05) is 31.2 Å². The molecular formula is C25H28N4O4. The number of rotatable bonds is 6. The van der Waals surface area contributed by atoms with Crippen LogP contribution in [0.1, 0.15) is 23.6 Å². The number of hydrogen-bond acceptors (Lipinski definition) is 5. The zero-order valence-electron chi connectivity index (χ0n) is 18.9. The lowest BCUT2D eigenvalue weighted by atomic mass is 10.1. The van der Waals surface area contributed by atoms with Crippen LogP contribution in [0.25, 0.3) is 6.08 Å². The van der Waals surface area contributed by atoms with Gasteiger partial charge in [-0.2, -0.15) is 0 Å².